The fourth-order valence-corrected chi connectivity index (χ4v) is 4.59. The van der Waals surface area contributed by atoms with E-state index >= 15 is 0 Å². The number of aryl methyl sites for hydroxylation is 1. The molecule has 1 heterocycles. The first-order valence-electron chi connectivity index (χ1n) is 7.86. The highest BCUT2D eigenvalue weighted by atomic mass is 32.1. The molecule has 0 aromatic carbocycles. The fourth-order valence-electron chi connectivity index (χ4n) is 4.20. The second kappa shape index (κ2) is 4.49. The van der Waals surface area contributed by atoms with Gasteiger partial charge >= 0.3 is 0 Å². The molecule has 3 atom stereocenters. The highest BCUT2D eigenvalue weighted by molar-refractivity contribution is 7.81. The van der Waals surface area contributed by atoms with Crippen molar-refractivity contribution < 1.29 is 0 Å². The Morgan fingerprint density at radius 1 is 1.05 bits per heavy atom. The molecular weight excluding hydrogens is 266 g/mol. The van der Waals surface area contributed by atoms with Crippen LogP contribution in [0.2, 0.25) is 0 Å². The highest BCUT2D eigenvalue weighted by Gasteiger charge is 2.55. The van der Waals surface area contributed by atoms with Crippen molar-refractivity contribution in [3.05, 3.63) is 11.4 Å². The van der Waals surface area contributed by atoms with Gasteiger partial charge < -0.3 is 0 Å². The Kier molecular flexibility index (Phi) is 3.24. The van der Waals surface area contributed by atoms with Gasteiger partial charge in [-0.2, -0.15) is 12.6 Å². The van der Waals surface area contributed by atoms with Gasteiger partial charge in [0.1, 0.15) is 0 Å². The predicted molar refractivity (Wildman–Crippen MR) is 85.2 cm³/mol. The second-order valence-electron chi connectivity index (χ2n) is 8.15. The number of fused-ring (bicyclic) bond motifs is 2. The molecular formula is C16H27N3S. The number of aromatic nitrogens is 3. The Balaban J connectivity index is 1.82. The minimum Gasteiger partial charge on any atom is -0.244 e. The van der Waals surface area contributed by atoms with E-state index in [1.165, 1.54) is 24.2 Å². The van der Waals surface area contributed by atoms with Crippen molar-refractivity contribution in [2.24, 2.45) is 17.8 Å². The predicted octanol–water partition coefficient (Wildman–Crippen LogP) is 3.48. The zero-order valence-electron chi connectivity index (χ0n) is 13.3. The topological polar surface area (TPSA) is 30.7 Å². The van der Waals surface area contributed by atoms with Crippen molar-refractivity contribution in [2.75, 3.05) is 0 Å². The lowest BCUT2D eigenvalue weighted by molar-refractivity contribution is 0.332. The van der Waals surface area contributed by atoms with Gasteiger partial charge in [0.05, 0.1) is 16.9 Å². The van der Waals surface area contributed by atoms with Gasteiger partial charge in [0.15, 0.2) is 0 Å². The molecule has 2 unspecified atom stereocenters. The van der Waals surface area contributed by atoms with Crippen molar-refractivity contribution in [2.45, 2.75) is 70.6 Å². The van der Waals surface area contributed by atoms with Crippen LogP contribution in [0.15, 0.2) is 0 Å². The molecule has 20 heavy (non-hydrogen) atoms. The summed E-state index contributed by atoms with van der Waals surface area (Å²) >= 11 is 4.82. The minimum atomic E-state index is 0.0327. The van der Waals surface area contributed by atoms with E-state index in [9.17, 15) is 0 Å². The summed E-state index contributed by atoms with van der Waals surface area (Å²) in [6, 6.07) is 0. The molecule has 112 valence electrons. The highest BCUT2D eigenvalue weighted by Crippen LogP contribution is 2.59. The molecule has 2 aliphatic carbocycles. The van der Waals surface area contributed by atoms with E-state index in [4.69, 9.17) is 12.6 Å². The number of hydrogen-bond donors (Lipinski definition) is 1. The lowest BCUT2D eigenvalue weighted by Gasteiger charge is -2.22. The zero-order chi connectivity index (χ0) is 14.7. The van der Waals surface area contributed by atoms with Crippen molar-refractivity contribution >= 4 is 12.6 Å². The first-order valence-corrected chi connectivity index (χ1v) is 8.30. The van der Waals surface area contributed by atoms with Crippen molar-refractivity contribution in [3.63, 3.8) is 0 Å². The third kappa shape index (κ3) is 2.40. The summed E-state index contributed by atoms with van der Waals surface area (Å²) in [5.74, 6) is 2.50. The van der Waals surface area contributed by atoms with Crippen molar-refractivity contribution in [1.29, 1.82) is 0 Å². The molecule has 0 aliphatic heterocycles. The summed E-state index contributed by atoms with van der Waals surface area (Å²) in [4.78, 5) is 0. The van der Waals surface area contributed by atoms with Crippen LogP contribution in [0.1, 0.15) is 58.8 Å². The van der Waals surface area contributed by atoms with Crippen LogP contribution in [-0.4, -0.2) is 19.7 Å². The molecule has 0 amide bonds. The molecule has 3 nitrogen and oxygen atoms in total. The van der Waals surface area contributed by atoms with E-state index in [2.05, 4.69) is 49.6 Å². The Morgan fingerprint density at radius 3 is 2.20 bits per heavy atom. The number of thiol groups is 1. The van der Waals surface area contributed by atoms with Crippen LogP contribution in [-0.2, 0) is 18.4 Å². The third-order valence-electron chi connectivity index (χ3n) is 5.06. The van der Waals surface area contributed by atoms with Crippen LogP contribution in [0, 0.1) is 17.8 Å². The molecule has 0 N–H and O–H groups in total. The van der Waals surface area contributed by atoms with E-state index in [1.54, 1.807) is 0 Å². The fraction of sp³-hybridized carbons (Fsp3) is 0.875. The smallest absolute Gasteiger partial charge is 0.0859 e. The summed E-state index contributed by atoms with van der Waals surface area (Å²) in [7, 11) is 0. The van der Waals surface area contributed by atoms with E-state index in [1.807, 2.05) is 0 Å². The van der Waals surface area contributed by atoms with Gasteiger partial charge in [0.2, 0.25) is 0 Å². The molecule has 4 heteroatoms. The zero-order valence-corrected chi connectivity index (χ0v) is 14.2. The molecule has 1 saturated carbocycles. The summed E-state index contributed by atoms with van der Waals surface area (Å²) in [5.41, 5.74) is 2.64. The summed E-state index contributed by atoms with van der Waals surface area (Å²) in [6.45, 7) is 11.2. The van der Waals surface area contributed by atoms with Gasteiger partial charge in [-0.15, -0.1) is 5.10 Å². The van der Waals surface area contributed by atoms with Crippen LogP contribution < -0.4 is 0 Å². The van der Waals surface area contributed by atoms with E-state index in [0.717, 1.165) is 30.6 Å². The molecule has 1 aromatic rings. The quantitative estimate of drug-likeness (QED) is 0.804. The van der Waals surface area contributed by atoms with Gasteiger partial charge in [-0.1, -0.05) is 19.1 Å². The molecule has 3 rings (SSSR count). The maximum Gasteiger partial charge on any atom is 0.0859 e. The first kappa shape index (κ1) is 14.4. The van der Waals surface area contributed by atoms with Gasteiger partial charge in [-0.25, -0.2) is 4.68 Å². The van der Waals surface area contributed by atoms with E-state index in [0.29, 0.717) is 0 Å². The maximum atomic E-state index is 4.82. The molecule has 2 aliphatic rings. The second-order valence-corrected chi connectivity index (χ2v) is 9.30. The monoisotopic (exact) mass is 293 g/mol. The Bertz CT molecular complexity index is 507. The summed E-state index contributed by atoms with van der Waals surface area (Å²) in [6.07, 6.45) is 4.75. The van der Waals surface area contributed by atoms with Crippen LogP contribution in [0.4, 0.5) is 0 Å². The molecule has 0 bridgehead atoms. The van der Waals surface area contributed by atoms with Crippen LogP contribution in [0.25, 0.3) is 0 Å². The molecule has 0 spiro atoms. The summed E-state index contributed by atoms with van der Waals surface area (Å²) < 4.78 is 2.31. The van der Waals surface area contributed by atoms with Crippen LogP contribution in [0.5, 0.6) is 0 Å². The Morgan fingerprint density at radius 2 is 1.65 bits per heavy atom. The molecule has 0 radical (unpaired) electrons. The molecule has 0 saturated heterocycles. The Labute approximate surface area is 127 Å². The third-order valence-corrected chi connectivity index (χ3v) is 5.35. The number of rotatable bonds is 1. The SMILES string of the molecule is CC(C)(S)C1C2CCc3nnn(C(C)(C)C)c3CC[C@@H]21. The minimum absolute atomic E-state index is 0.0327. The molecule has 1 fully saturated rings. The lowest BCUT2D eigenvalue weighted by atomic mass is 10.00. The average Bonchev–Trinajstić information content (AvgIpc) is 2.80. The normalized spacial score (nSPS) is 30.2. The van der Waals surface area contributed by atoms with Crippen molar-refractivity contribution in [1.82, 2.24) is 15.0 Å². The van der Waals surface area contributed by atoms with Gasteiger partial charge in [0.25, 0.3) is 0 Å². The van der Waals surface area contributed by atoms with E-state index < -0.39 is 0 Å². The number of nitrogens with zero attached hydrogens (tertiary/aromatic N) is 3. The Hall–Kier alpha value is -0.510. The van der Waals surface area contributed by atoms with Crippen LogP contribution >= 0.6 is 12.6 Å². The lowest BCUT2D eigenvalue weighted by Crippen LogP contribution is -2.26. The van der Waals surface area contributed by atoms with Crippen molar-refractivity contribution in [3.8, 4) is 0 Å². The summed E-state index contributed by atoms with van der Waals surface area (Å²) in [5, 5.41) is 8.87. The van der Waals surface area contributed by atoms with Crippen LogP contribution in [0.3, 0.4) is 0 Å². The average molecular weight is 293 g/mol. The van der Waals surface area contributed by atoms with E-state index in [-0.39, 0.29) is 10.3 Å². The van der Waals surface area contributed by atoms with Gasteiger partial charge in [-0.05, 0) is 64.2 Å². The first-order chi connectivity index (χ1) is 9.19. The van der Waals surface area contributed by atoms with Gasteiger partial charge in [0, 0.05) is 4.75 Å². The maximum absolute atomic E-state index is 4.82. The number of hydrogen-bond acceptors (Lipinski definition) is 3. The standard InChI is InChI=1S/C16H27N3S/c1-15(2,3)19-13-9-7-11-10(14(11)16(4,5)20)6-8-12(13)17-18-19/h10-11,14,20H,6-9H2,1-5H3/t10?,11-,14?/m0/s1. The largest absolute Gasteiger partial charge is 0.244 e. The van der Waals surface area contributed by atoms with Gasteiger partial charge in [-0.3, -0.25) is 0 Å². The molecule has 1 aromatic heterocycles.